The maximum absolute atomic E-state index is 12.0. The molecule has 26 heavy (non-hydrogen) atoms. The van der Waals surface area contributed by atoms with Crippen molar-refractivity contribution < 1.29 is 9.59 Å². The first-order valence-corrected chi connectivity index (χ1v) is 9.77. The highest BCUT2D eigenvalue weighted by molar-refractivity contribution is 7.10. The van der Waals surface area contributed by atoms with Crippen LogP contribution in [0.2, 0.25) is 0 Å². The molecule has 2 atom stereocenters. The zero-order valence-electron chi connectivity index (χ0n) is 15.5. The number of carbonyl (C=O) groups excluding carboxylic acids is 2. The summed E-state index contributed by atoms with van der Waals surface area (Å²) in [5.74, 6) is 0.118. The number of amides is 2. The van der Waals surface area contributed by atoms with Crippen LogP contribution in [-0.2, 0) is 9.59 Å². The Hall–Kier alpha value is -2.18. The van der Waals surface area contributed by atoms with Gasteiger partial charge in [0, 0.05) is 11.9 Å². The Morgan fingerprint density at radius 1 is 1.04 bits per heavy atom. The van der Waals surface area contributed by atoms with Gasteiger partial charge in [-0.25, -0.2) is 0 Å². The second kappa shape index (κ2) is 10.1. The lowest BCUT2D eigenvalue weighted by molar-refractivity contribution is -0.125. The van der Waals surface area contributed by atoms with Crippen molar-refractivity contribution >= 4 is 23.2 Å². The number of rotatable bonds is 9. The number of hydrogen-bond acceptors (Lipinski definition) is 4. The lowest BCUT2D eigenvalue weighted by Gasteiger charge is -2.19. The van der Waals surface area contributed by atoms with Crippen LogP contribution < -0.4 is 16.0 Å². The van der Waals surface area contributed by atoms with E-state index in [2.05, 4.69) is 60.1 Å². The molecule has 0 saturated carbocycles. The van der Waals surface area contributed by atoms with Crippen LogP contribution in [-0.4, -0.2) is 32.0 Å². The molecular weight excluding hydrogens is 346 g/mol. The van der Waals surface area contributed by atoms with Crippen molar-refractivity contribution in [3.05, 3.63) is 57.8 Å². The highest BCUT2D eigenvalue weighted by Crippen LogP contribution is 2.27. The van der Waals surface area contributed by atoms with Gasteiger partial charge in [0.15, 0.2) is 0 Å². The van der Waals surface area contributed by atoms with Gasteiger partial charge in [0.25, 0.3) is 0 Å². The third-order valence-electron chi connectivity index (χ3n) is 4.47. The molecule has 0 aliphatic heterocycles. The smallest absolute Gasteiger partial charge is 0.239 e. The zero-order valence-corrected chi connectivity index (χ0v) is 16.4. The second-order valence-electron chi connectivity index (χ2n) is 6.26. The first kappa shape index (κ1) is 20.1. The van der Waals surface area contributed by atoms with Gasteiger partial charge >= 0.3 is 0 Å². The fourth-order valence-corrected chi connectivity index (χ4v) is 3.44. The normalized spacial score (nSPS) is 13.0. The molecule has 0 radical (unpaired) electrons. The quantitative estimate of drug-likeness (QED) is 0.633. The molecule has 0 fully saturated rings. The van der Waals surface area contributed by atoms with Crippen LogP contribution in [0.1, 0.15) is 48.2 Å². The minimum Gasteiger partial charge on any atom is -0.358 e. The average molecular weight is 374 g/mol. The second-order valence-corrected chi connectivity index (χ2v) is 7.23. The minimum atomic E-state index is -0.214. The fraction of sp³-hybridized carbons (Fsp3) is 0.400. The molecule has 2 aromatic rings. The van der Waals surface area contributed by atoms with E-state index in [4.69, 9.17) is 0 Å². The van der Waals surface area contributed by atoms with Crippen LogP contribution in [0, 0.1) is 0 Å². The van der Waals surface area contributed by atoms with Crippen LogP contribution in [0.4, 0.5) is 0 Å². The molecular formula is C20H27N3O2S. The maximum Gasteiger partial charge on any atom is 0.239 e. The van der Waals surface area contributed by atoms with Gasteiger partial charge in [-0.05, 0) is 34.9 Å². The van der Waals surface area contributed by atoms with E-state index in [-0.39, 0.29) is 30.9 Å². The molecule has 0 unspecified atom stereocenters. The summed E-state index contributed by atoms with van der Waals surface area (Å²) in [7, 11) is 1.54. The van der Waals surface area contributed by atoms with E-state index < -0.39 is 0 Å². The average Bonchev–Trinajstić information content (AvgIpc) is 3.20. The summed E-state index contributed by atoms with van der Waals surface area (Å²) in [5, 5.41) is 10.4. The van der Waals surface area contributed by atoms with E-state index in [9.17, 15) is 9.59 Å². The zero-order chi connectivity index (χ0) is 18.9. The molecule has 0 bridgehead atoms. The number of hydrogen-bond donors (Lipinski definition) is 3. The number of carbonyl (C=O) groups is 2. The Morgan fingerprint density at radius 3 is 2.31 bits per heavy atom. The van der Waals surface area contributed by atoms with Crippen molar-refractivity contribution in [2.75, 3.05) is 20.1 Å². The lowest BCUT2D eigenvalue weighted by atomic mass is 9.95. The summed E-state index contributed by atoms with van der Waals surface area (Å²) in [6.45, 7) is 4.55. The van der Waals surface area contributed by atoms with E-state index >= 15 is 0 Å². The highest BCUT2D eigenvalue weighted by Gasteiger charge is 2.17. The van der Waals surface area contributed by atoms with Crippen molar-refractivity contribution in [2.45, 2.75) is 32.2 Å². The summed E-state index contributed by atoms with van der Waals surface area (Å²) >= 11 is 1.66. The van der Waals surface area contributed by atoms with E-state index in [0.29, 0.717) is 5.92 Å². The Morgan fingerprint density at radius 2 is 1.73 bits per heavy atom. The van der Waals surface area contributed by atoms with Gasteiger partial charge in [-0.15, -0.1) is 11.3 Å². The van der Waals surface area contributed by atoms with Crippen molar-refractivity contribution in [3.8, 4) is 0 Å². The van der Waals surface area contributed by atoms with Gasteiger partial charge in [0.2, 0.25) is 11.8 Å². The maximum atomic E-state index is 12.0. The number of nitrogens with one attached hydrogen (secondary N) is 3. The predicted octanol–water partition coefficient (Wildman–Crippen LogP) is 2.80. The van der Waals surface area contributed by atoms with Crippen molar-refractivity contribution in [2.24, 2.45) is 0 Å². The standard InChI is InChI=1S/C20H27N3O2S/c1-4-14(2)15-7-9-16(10-8-15)20(17-6-5-11-26-17)23-13-19(25)22-12-18(24)21-3/h5-11,14,20,23H,4,12-13H2,1-3H3,(H,21,24)(H,22,25)/t14-,20+/m0/s1. The van der Waals surface area contributed by atoms with Crippen LogP contribution in [0.5, 0.6) is 0 Å². The van der Waals surface area contributed by atoms with E-state index in [0.717, 1.165) is 16.9 Å². The molecule has 0 aliphatic carbocycles. The van der Waals surface area contributed by atoms with Crippen LogP contribution in [0.3, 0.4) is 0 Å². The van der Waals surface area contributed by atoms with Crippen molar-refractivity contribution in [1.82, 2.24) is 16.0 Å². The van der Waals surface area contributed by atoms with Crippen molar-refractivity contribution in [3.63, 3.8) is 0 Å². The molecule has 140 valence electrons. The molecule has 5 nitrogen and oxygen atoms in total. The molecule has 1 heterocycles. The number of benzene rings is 1. The molecule has 1 aromatic heterocycles. The van der Waals surface area contributed by atoms with Crippen molar-refractivity contribution in [1.29, 1.82) is 0 Å². The molecule has 3 N–H and O–H groups in total. The highest BCUT2D eigenvalue weighted by atomic mass is 32.1. The molecule has 2 rings (SSSR count). The van der Waals surface area contributed by atoms with Gasteiger partial charge in [0.1, 0.15) is 0 Å². The van der Waals surface area contributed by atoms with Crippen LogP contribution in [0.15, 0.2) is 41.8 Å². The minimum absolute atomic E-state index is 0.00964. The summed E-state index contributed by atoms with van der Waals surface area (Å²) in [4.78, 5) is 24.4. The van der Waals surface area contributed by atoms with E-state index in [1.165, 1.54) is 5.56 Å². The van der Waals surface area contributed by atoms with E-state index in [1.807, 2.05) is 11.4 Å². The summed E-state index contributed by atoms with van der Waals surface area (Å²) < 4.78 is 0. The molecule has 0 spiro atoms. The predicted molar refractivity (Wildman–Crippen MR) is 106 cm³/mol. The molecule has 0 aliphatic rings. The third-order valence-corrected chi connectivity index (χ3v) is 5.41. The van der Waals surface area contributed by atoms with Gasteiger partial charge in [-0.3, -0.25) is 14.9 Å². The third kappa shape index (κ3) is 5.68. The summed E-state index contributed by atoms with van der Waals surface area (Å²) in [6.07, 6.45) is 1.11. The fourth-order valence-electron chi connectivity index (χ4n) is 2.62. The SMILES string of the molecule is CC[C@H](C)c1ccc([C@@H](NCC(=O)NCC(=O)NC)c2cccs2)cc1. The number of likely N-dealkylation sites (N-methyl/N-ethyl adjacent to an activating group) is 1. The summed E-state index contributed by atoms with van der Waals surface area (Å²) in [6, 6.07) is 12.6. The van der Waals surface area contributed by atoms with Crippen LogP contribution >= 0.6 is 11.3 Å². The number of thiophene rings is 1. The van der Waals surface area contributed by atoms with Gasteiger partial charge in [0.05, 0.1) is 19.1 Å². The van der Waals surface area contributed by atoms with Crippen LogP contribution in [0.25, 0.3) is 0 Å². The molecule has 6 heteroatoms. The first-order valence-electron chi connectivity index (χ1n) is 8.89. The molecule has 0 saturated heterocycles. The van der Waals surface area contributed by atoms with E-state index in [1.54, 1.807) is 18.4 Å². The Balaban J connectivity index is 2.05. The van der Waals surface area contributed by atoms with Gasteiger partial charge in [-0.2, -0.15) is 0 Å². The largest absolute Gasteiger partial charge is 0.358 e. The van der Waals surface area contributed by atoms with Gasteiger partial charge in [-0.1, -0.05) is 44.2 Å². The first-order chi connectivity index (χ1) is 12.5. The molecule has 2 amide bonds. The topological polar surface area (TPSA) is 70.2 Å². The van der Waals surface area contributed by atoms with Gasteiger partial charge < -0.3 is 10.6 Å². The Labute approximate surface area is 159 Å². The Kier molecular flexibility index (Phi) is 7.81. The Bertz CT molecular complexity index is 698. The monoisotopic (exact) mass is 373 g/mol. The molecule has 1 aromatic carbocycles. The summed E-state index contributed by atoms with van der Waals surface area (Å²) in [5.41, 5.74) is 2.45. The lowest BCUT2D eigenvalue weighted by Crippen LogP contribution is -2.40.